The van der Waals surface area contributed by atoms with Crippen molar-refractivity contribution >= 4 is 33.6 Å². The zero-order valence-corrected chi connectivity index (χ0v) is 12.7. The fraction of sp³-hybridized carbons (Fsp3) is 0.636. The van der Waals surface area contributed by atoms with Crippen molar-refractivity contribution in [2.24, 2.45) is 0 Å². The number of amides is 1. The van der Waals surface area contributed by atoms with Crippen molar-refractivity contribution < 1.29 is 27.3 Å². The molecule has 0 radical (unpaired) electrons. The van der Waals surface area contributed by atoms with Gasteiger partial charge in [0.05, 0.1) is 12.7 Å². The molecule has 0 aromatic carbocycles. The summed E-state index contributed by atoms with van der Waals surface area (Å²) in [6.07, 6.45) is 2.16. The molecule has 1 unspecified atom stereocenters. The van der Waals surface area contributed by atoms with Gasteiger partial charge in [0.2, 0.25) is 5.91 Å². The number of hydrogen-bond acceptors (Lipinski definition) is 5. The van der Waals surface area contributed by atoms with E-state index in [1.165, 1.54) is 0 Å². The molecule has 1 fully saturated rings. The molecule has 1 amide bonds. The standard InChI is InChI=1S/C11H16ClNO6S/c1-3-4-5-7(19-20(2,17)18)10(11(15)16)13-8(12)6-9(13)14/h8H,3-6H2,1-2H3,(H,15,16). The van der Waals surface area contributed by atoms with Gasteiger partial charge in [-0.2, -0.15) is 8.42 Å². The lowest BCUT2D eigenvalue weighted by Crippen LogP contribution is -2.50. The van der Waals surface area contributed by atoms with Crippen LogP contribution in [0.2, 0.25) is 0 Å². The minimum atomic E-state index is -3.89. The second kappa shape index (κ2) is 6.45. The molecule has 7 nitrogen and oxygen atoms in total. The summed E-state index contributed by atoms with van der Waals surface area (Å²) in [6, 6.07) is 0. The van der Waals surface area contributed by atoms with Crippen molar-refractivity contribution in [2.75, 3.05) is 6.26 Å². The Morgan fingerprint density at radius 3 is 2.50 bits per heavy atom. The Kier molecular flexibility index (Phi) is 5.41. The van der Waals surface area contributed by atoms with E-state index in [2.05, 4.69) is 0 Å². The molecule has 1 rings (SSSR count). The first-order chi connectivity index (χ1) is 9.17. The largest absolute Gasteiger partial charge is 0.476 e. The Hall–Kier alpha value is -1.28. The Labute approximate surface area is 122 Å². The summed E-state index contributed by atoms with van der Waals surface area (Å²) in [4.78, 5) is 23.6. The molecule has 114 valence electrons. The number of carboxylic acid groups (broad SMARTS) is 1. The van der Waals surface area contributed by atoms with Gasteiger partial charge in [-0.1, -0.05) is 24.9 Å². The molecule has 1 aliphatic rings. The minimum Gasteiger partial charge on any atom is -0.476 e. The monoisotopic (exact) mass is 325 g/mol. The maximum atomic E-state index is 11.5. The van der Waals surface area contributed by atoms with Crippen LogP contribution < -0.4 is 0 Å². The SMILES string of the molecule is CCCCC(OS(C)(=O)=O)=C(C(=O)O)N1C(=O)CC1Cl. The molecule has 1 N–H and O–H groups in total. The summed E-state index contributed by atoms with van der Waals surface area (Å²) in [5.41, 5.74) is -1.30. The van der Waals surface area contributed by atoms with Gasteiger partial charge in [-0.15, -0.1) is 0 Å². The predicted octanol–water partition coefficient (Wildman–Crippen LogP) is 1.25. The van der Waals surface area contributed by atoms with Gasteiger partial charge >= 0.3 is 16.1 Å². The summed E-state index contributed by atoms with van der Waals surface area (Å²) < 4.78 is 27.2. The van der Waals surface area contributed by atoms with Gasteiger partial charge in [0.25, 0.3) is 0 Å². The number of hydrogen-bond donors (Lipinski definition) is 1. The number of carbonyl (C=O) groups excluding carboxylic acids is 1. The molecule has 20 heavy (non-hydrogen) atoms. The third kappa shape index (κ3) is 4.11. The van der Waals surface area contributed by atoms with Crippen LogP contribution in [0.5, 0.6) is 0 Å². The maximum absolute atomic E-state index is 11.5. The molecule has 9 heteroatoms. The van der Waals surface area contributed by atoms with Gasteiger partial charge in [-0.25, -0.2) is 4.79 Å². The van der Waals surface area contributed by atoms with Crippen LogP contribution in [0, 0.1) is 0 Å². The van der Waals surface area contributed by atoms with E-state index >= 15 is 0 Å². The average Bonchev–Trinajstić information content (AvgIpc) is 2.29. The third-order valence-corrected chi connectivity index (χ3v) is 3.46. The lowest BCUT2D eigenvalue weighted by Gasteiger charge is -2.36. The number of unbranched alkanes of at least 4 members (excludes halogenated alkanes) is 1. The number of β-lactam (4-membered cyclic amide) rings is 1. The summed E-state index contributed by atoms with van der Waals surface area (Å²) in [7, 11) is -3.89. The second-order valence-electron chi connectivity index (χ2n) is 4.37. The van der Waals surface area contributed by atoms with Crippen molar-refractivity contribution in [3.8, 4) is 0 Å². The zero-order valence-electron chi connectivity index (χ0n) is 11.1. The van der Waals surface area contributed by atoms with Crippen LogP contribution in [0.1, 0.15) is 32.6 Å². The molecular formula is C11H16ClNO6S. The lowest BCUT2D eigenvalue weighted by molar-refractivity contribution is -0.146. The molecule has 0 spiro atoms. The summed E-state index contributed by atoms with van der Waals surface area (Å²) in [5.74, 6) is -2.19. The highest BCUT2D eigenvalue weighted by molar-refractivity contribution is 7.86. The highest BCUT2D eigenvalue weighted by atomic mass is 35.5. The smallest absolute Gasteiger partial charge is 0.356 e. The Balaban J connectivity index is 3.23. The Bertz CT molecular complexity index is 541. The molecule has 1 atom stereocenters. The van der Waals surface area contributed by atoms with Crippen molar-refractivity contribution in [1.29, 1.82) is 0 Å². The van der Waals surface area contributed by atoms with E-state index in [1.54, 1.807) is 0 Å². The first kappa shape index (κ1) is 16.8. The fourth-order valence-electron chi connectivity index (χ4n) is 1.72. The first-order valence-corrected chi connectivity index (χ1v) is 8.24. The van der Waals surface area contributed by atoms with Gasteiger partial charge in [-0.05, 0) is 6.42 Å². The predicted molar refractivity (Wildman–Crippen MR) is 71.2 cm³/mol. The molecule has 0 aromatic heterocycles. The van der Waals surface area contributed by atoms with Crippen molar-refractivity contribution in [2.45, 2.75) is 38.1 Å². The van der Waals surface area contributed by atoms with E-state index < -0.39 is 33.2 Å². The van der Waals surface area contributed by atoms with Gasteiger partial charge in [0.1, 0.15) is 5.50 Å². The van der Waals surface area contributed by atoms with Crippen LogP contribution in [0.4, 0.5) is 0 Å². The molecular weight excluding hydrogens is 310 g/mol. The van der Waals surface area contributed by atoms with Gasteiger partial charge in [-0.3, -0.25) is 9.69 Å². The average molecular weight is 326 g/mol. The maximum Gasteiger partial charge on any atom is 0.356 e. The van der Waals surface area contributed by atoms with Crippen LogP contribution >= 0.6 is 11.6 Å². The van der Waals surface area contributed by atoms with E-state index in [4.69, 9.17) is 15.8 Å². The number of rotatable bonds is 7. The third-order valence-electron chi connectivity index (χ3n) is 2.61. The van der Waals surface area contributed by atoms with Crippen LogP contribution in [-0.2, 0) is 23.9 Å². The molecule has 1 heterocycles. The van der Waals surface area contributed by atoms with Gasteiger partial charge < -0.3 is 9.29 Å². The number of carbonyl (C=O) groups is 2. The van der Waals surface area contributed by atoms with E-state index in [-0.39, 0.29) is 18.6 Å². The highest BCUT2D eigenvalue weighted by Gasteiger charge is 2.42. The van der Waals surface area contributed by atoms with Crippen LogP contribution in [-0.4, -0.2) is 42.1 Å². The fourth-order valence-corrected chi connectivity index (χ4v) is 2.58. The number of carboxylic acids is 1. The van der Waals surface area contributed by atoms with E-state index in [0.29, 0.717) is 12.8 Å². The van der Waals surface area contributed by atoms with E-state index in [9.17, 15) is 23.1 Å². The van der Waals surface area contributed by atoms with Crippen LogP contribution in [0.3, 0.4) is 0 Å². The number of aliphatic carboxylic acids is 1. The van der Waals surface area contributed by atoms with E-state index in [1.807, 2.05) is 6.92 Å². The molecule has 0 aliphatic carbocycles. The Morgan fingerprint density at radius 2 is 2.15 bits per heavy atom. The molecule has 1 saturated heterocycles. The second-order valence-corrected chi connectivity index (χ2v) is 6.45. The van der Waals surface area contributed by atoms with Gasteiger partial charge in [0.15, 0.2) is 11.5 Å². The van der Waals surface area contributed by atoms with E-state index in [0.717, 1.165) is 11.2 Å². The molecule has 1 aliphatic heterocycles. The quantitative estimate of drug-likeness (QED) is 0.189. The highest BCUT2D eigenvalue weighted by Crippen LogP contribution is 2.31. The van der Waals surface area contributed by atoms with Gasteiger partial charge in [0, 0.05) is 6.42 Å². The molecule has 0 aromatic rings. The van der Waals surface area contributed by atoms with Crippen LogP contribution in [0.15, 0.2) is 11.5 Å². The van der Waals surface area contributed by atoms with Crippen LogP contribution in [0.25, 0.3) is 0 Å². The number of nitrogens with zero attached hydrogens (tertiary/aromatic N) is 1. The first-order valence-electron chi connectivity index (χ1n) is 5.99. The summed E-state index contributed by atoms with van der Waals surface area (Å²) in [5, 5.41) is 9.23. The zero-order chi connectivity index (χ0) is 15.5. The number of allylic oxidation sites excluding steroid dienone is 1. The van der Waals surface area contributed by atoms with Crippen molar-refractivity contribution in [3.05, 3.63) is 11.5 Å². The van der Waals surface area contributed by atoms with Crippen molar-refractivity contribution in [3.63, 3.8) is 0 Å². The number of halogens is 1. The topological polar surface area (TPSA) is 101 Å². The number of likely N-dealkylation sites (tertiary alicyclic amines) is 1. The summed E-state index contributed by atoms with van der Waals surface area (Å²) >= 11 is 5.80. The minimum absolute atomic E-state index is 0.0122. The Morgan fingerprint density at radius 1 is 1.55 bits per heavy atom. The lowest BCUT2D eigenvalue weighted by atomic mass is 10.1. The normalized spacial score (nSPS) is 20.2. The molecule has 0 bridgehead atoms. The van der Waals surface area contributed by atoms with Crippen molar-refractivity contribution in [1.82, 2.24) is 4.90 Å². The summed E-state index contributed by atoms with van der Waals surface area (Å²) in [6.45, 7) is 1.86. The number of alkyl halides is 1. The molecule has 0 saturated carbocycles.